The van der Waals surface area contributed by atoms with E-state index in [2.05, 4.69) is 16.0 Å². The molecule has 4 nitrogen and oxygen atoms in total. The molecule has 1 aromatic rings. The molecule has 0 aliphatic carbocycles. The third-order valence-electron chi connectivity index (χ3n) is 2.41. The Kier molecular flexibility index (Phi) is 8.12. The summed E-state index contributed by atoms with van der Waals surface area (Å²) in [4.78, 5) is 0. The van der Waals surface area contributed by atoms with E-state index in [0.29, 0.717) is 5.11 Å². The number of benzene rings is 1. The fraction of sp³-hybridized carbons (Fsp3) is 0.462. The molecule has 0 spiro atoms. The number of nitrogens with one attached hydrogen (secondary N) is 3. The Morgan fingerprint density at radius 2 is 1.78 bits per heavy atom. The van der Waals surface area contributed by atoms with Crippen molar-refractivity contribution in [1.29, 1.82) is 0 Å². The molecule has 5 heteroatoms. The zero-order valence-electron chi connectivity index (χ0n) is 10.6. The van der Waals surface area contributed by atoms with Crippen molar-refractivity contribution in [3.8, 4) is 0 Å². The molecule has 0 aliphatic rings. The van der Waals surface area contributed by atoms with E-state index in [4.69, 9.17) is 18.0 Å². The summed E-state index contributed by atoms with van der Waals surface area (Å²) in [6.45, 7) is 3.59. The quantitative estimate of drug-likeness (QED) is 0.422. The van der Waals surface area contributed by atoms with E-state index in [1.165, 1.54) is 0 Å². The highest BCUT2D eigenvalue weighted by Gasteiger charge is 1.95. The van der Waals surface area contributed by atoms with Gasteiger partial charge in [-0.1, -0.05) is 18.2 Å². The Balaban J connectivity index is 2.00. The molecule has 0 unspecified atom stereocenters. The maximum Gasteiger partial charge on any atom is 0.170 e. The van der Waals surface area contributed by atoms with E-state index in [1.54, 1.807) is 0 Å². The fourth-order valence-electron chi connectivity index (χ4n) is 1.46. The van der Waals surface area contributed by atoms with E-state index in [0.717, 1.165) is 44.7 Å². The number of para-hydroxylation sites is 1. The molecular weight excluding hydrogens is 244 g/mol. The molecule has 0 saturated heterocycles. The first-order chi connectivity index (χ1) is 8.83. The summed E-state index contributed by atoms with van der Waals surface area (Å²) in [7, 11) is 0. The normalized spacial score (nSPS) is 10.1. The van der Waals surface area contributed by atoms with Crippen molar-refractivity contribution in [2.75, 3.05) is 31.5 Å². The molecule has 0 atom stereocenters. The second-order valence-corrected chi connectivity index (χ2v) is 4.40. The lowest BCUT2D eigenvalue weighted by atomic mass is 10.3. The van der Waals surface area contributed by atoms with E-state index < -0.39 is 0 Å². The molecule has 0 radical (unpaired) electrons. The first-order valence-corrected chi connectivity index (χ1v) is 6.74. The van der Waals surface area contributed by atoms with Crippen molar-refractivity contribution >= 4 is 23.0 Å². The summed E-state index contributed by atoms with van der Waals surface area (Å²) in [6.07, 6.45) is 2.07. The van der Waals surface area contributed by atoms with Gasteiger partial charge in [0.1, 0.15) is 0 Å². The molecular formula is C13H22N4S. The monoisotopic (exact) mass is 266 g/mol. The zero-order valence-corrected chi connectivity index (χ0v) is 11.4. The molecule has 100 valence electrons. The molecule has 5 N–H and O–H groups in total. The van der Waals surface area contributed by atoms with Gasteiger partial charge in [-0.05, 0) is 56.8 Å². The van der Waals surface area contributed by atoms with Crippen LogP contribution in [-0.4, -0.2) is 31.3 Å². The zero-order chi connectivity index (χ0) is 13.1. The predicted octanol–water partition coefficient (Wildman–Crippen LogP) is 1.30. The Morgan fingerprint density at radius 1 is 1.06 bits per heavy atom. The van der Waals surface area contributed by atoms with Crippen LogP contribution in [0.4, 0.5) is 5.69 Å². The molecule has 1 aromatic carbocycles. The summed E-state index contributed by atoms with van der Waals surface area (Å²) in [5, 5.41) is 10.3. The summed E-state index contributed by atoms with van der Waals surface area (Å²) < 4.78 is 0. The highest BCUT2D eigenvalue weighted by molar-refractivity contribution is 7.80. The SMILES string of the molecule is NCCCNCCCNC(=S)Nc1ccccc1. The highest BCUT2D eigenvalue weighted by atomic mass is 32.1. The molecule has 0 heterocycles. The van der Waals surface area contributed by atoms with E-state index in [-0.39, 0.29) is 0 Å². The third kappa shape index (κ3) is 7.21. The maximum absolute atomic E-state index is 5.40. The standard InChI is InChI=1S/C13H22N4S/c14-8-4-9-15-10-5-11-16-13(18)17-12-6-2-1-3-7-12/h1-3,6-7,15H,4-5,8-11,14H2,(H2,16,17,18). The maximum atomic E-state index is 5.40. The lowest BCUT2D eigenvalue weighted by molar-refractivity contribution is 0.621. The van der Waals surface area contributed by atoms with Gasteiger partial charge in [-0.3, -0.25) is 0 Å². The van der Waals surface area contributed by atoms with Gasteiger partial charge in [0.05, 0.1) is 0 Å². The van der Waals surface area contributed by atoms with E-state index >= 15 is 0 Å². The first kappa shape index (κ1) is 14.9. The third-order valence-corrected chi connectivity index (χ3v) is 2.65. The second kappa shape index (κ2) is 9.82. The molecule has 18 heavy (non-hydrogen) atoms. The summed E-state index contributed by atoms with van der Waals surface area (Å²) >= 11 is 5.20. The van der Waals surface area contributed by atoms with Crippen LogP contribution in [0, 0.1) is 0 Å². The van der Waals surface area contributed by atoms with Gasteiger partial charge < -0.3 is 21.7 Å². The topological polar surface area (TPSA) is 62.1 Å². The van der Waals surface area contributed by atoms with Crippen LogP contribution in [0.5, 0.6) is 0 Å². The predicted molar refractivity (Wildman–Crippen MR) is 81.8 cm³/mol. The van der Waals surface area contributed by atoms with Crippen LogP contribution >= 0.6 is 12.2 Å². The number of nitrogens with two attached hydrogens (primary N) is 1. The Labute approximate surface area is 114 Å². The lowest BCUT2D eigenvalue weighted by Crippen LogP contribution is -2.31. The first-order valence-electron chi connectivity index (χ1n) is 6.33. The van der Waals surface area contributed by atoms with Gasteiger partial charge >= 0.3 is 0 Å². The Bertz CT molecular complexity index is 329. The van der Waals surface area contributed by atoms with Gasteiger partial charge in [-0.2, -0.15) is 0 Å². The van der Waals surface area contributed by atoms with Gasteiger partial charge in [0.2, 0.25) is 0 Å². The Hall–Kier alpha value is -1.17. The summed E-state index contributed by atoms with van der Waals surface area (Å²) in [5.41, 5.74) is 6.41. The smallest absolute Gasteiger partial charge is 0.170 e. The van der Waals surface area contributed by atoms with Crippen molar-refractivity contribution in [3.63, 3.8) is 0 Å². The van der Waals surface area contributed by atoms with Crippen molar-refractivity contribution in [2.24, 2.45) is 5.73 Å². The fourth-order valence-corrected chi connectivity index (χ4v) is 1.68. The van der Waals surface area contributed by atoms with Crippen LogP contribution in [0.3, 0.4) is 0 Å². The minimum absolute atomic E-state index is 0.670. The number of anilines is 1. The van der Waals surface area contributed by atoms with E-state index in [1.807, 2.05) is 30.3 Å². The largest absolute Gasteiger partial charge is 0.362 e. The molecule has 0 bridgehead atoms. The van der Waals surface area contributed by atoms with Gasteiger partial charge in [0, 0.05) is 12.2 Å². The van der Waals surface area contributed by atoms with Crippen molar-refractivity contribution in [3.05, 3.63) is 30.3 Å². The van der Waals surface area contributed by atoms with Crippen LogP contribution in [0.1, 0.15) is 12.8 Å². The average molecular weight is 266 g/mol. The van der Waals surface area contributed by atoms with Crippen LogP contribution in [0.2, 0.25) is 0 Å². The lowest BCUT2D eigenvalue weighted by Gasteiger charge is -2.10. The molecule has 1 rings (SSSR count). The van der Waals surface area contributed by atoms with Crippen LogP contribution in [-0.2, 0) is 0 Å². The van der Waals surface area contributed by atoms with Gasteiger partial charge in [0.25, 0.3) is 0 Å². The summed E-state index contributed by atoms with van der Waals surface area (Å²) in [5.74, 6) is 0. The number of hydrogen-bond donors (Lipinski definition) is 4. The van der Waals surface area contributed by atoms with Gasteiger partial charge in [-0.25, -0.2) is 0 Å². The molecule has 0 saturated carbocycles. The van der Waals surface area contributed by atoms with Crippen molar-refractivity contribution in [2.45, 2.75) is 12.8 Å². The number of thiocarbonyl (C=S) groups is 1. The van der Waals surface area contributed by atoms with Crippen molar-refractivity contribution < 1.29 is 0 Å². The minimum Gasteiger partial charge on any atom is -0.362 e. The van der Waals surface area contributed by atoms with Crippen molar-refractivity contribution in [1.82, 2.24) is 10.6 Å². The van der Waals surface area contributed by atoms with E-state index in [9.17, 15) is 0 Å². The number of hydrogen-bond acceptors (Lipinski definition) is 3. The Morgan fingerprint density at radius 3 is 2.50 bits per heavy atom. The van der Waals surface area contributed by atoms with Gasteiger partial charge in [-0.15, -0.1) is 0 Å². The van der Waals surface area contributed by atoms with Crippen LogP contribution in [0.15, 0.2) is 30.3 Å². The van der Waals surface area contributed by atoms with Crippen LogP contribution < -0.4 is 21.7 Å². The number of rotatable bonds is 8. The summed E-state index contributed by atoms with van der Waals surface area (Å²) in [6, 6.07) is 9.91. The highest BCUT2D eigenvalue weighted by Crippen LogP contribution is 2.04. The van der Waals surface area contributed by atoms with Gasteiger partial charge in [0.15, 0.2) is 5.11 Å². The average Bonchev–Trinajstić information content (AvgIpc) is 2.39. The molecule has 0 fully saturated rings. The van der Waals surface area contributed by atoms with Crippen LogP contribution in [0.25, 0.3) is 0 Å². The minimum atomic E-state index is 0.670. The molecule has 0 aliphatic heterocycles. The second-order valence-electron chi connectivity index (χ2n) is 3.99. The molecule has 0 aromatic heterocycles. The molecule has 0 amide bonds.